The maximum atomic E-state index is 5.96. The zero-order valence-electron chi connectivity index (χ0n) is 6.28. The van der Waals surface area contributed by atoms with Gasteiger partial charge >= 0.3 is 0 Å². The molecule has 1 unspecified atom stereocenters. The highest BCUT2D eigenvalue weighted by Gasteiger charge is 2.28. The molecule has 1 aliphatic heterocycles. The largest absolute Gasteiger partial charge is 0.324 e. The molecule has 0 amide bonds. The van der Waals surface area contributed by atoms with Crippen LogP contribution in [0.15, 0.2) is 0 Å². The lowest BCUT2D eigenvalue weighted by molar-refractivity contribution is 0.244. The van der Waals surface area contributed by atoms with Crippen LogP contribution in [0.25, 0.3) is 0 Å². The predicted octanol–water partition coefficient (Wildman–Crippen LogP) is 0.333. The fourth-order valence-corrected chi connectivity index (χ4v) is 1.18. The zero-order chi connectivity index (χ0) is 6.91. The van der Waals surface area contributed by atoms with Crippen LogP contribution in [-0.4, -0.2) is 18.6 Å². The molecule has 0 bridgehead atoms. The summed E-state index contributed by atoms with van der Waals surface area (Å²) in [4.78, 5) is 0. The quantitative estimate of drug-likeness (QED) is 0.493. The molecule has 9 heavy (non-hydrogen) atoms. The van der Waals surface area contributed by atoms with Crippen LogP contribution in [0.4, 0.5) is 0 Å². The van der Waals surface area contributed by atoms with Crippen molar-refractivity contribution in [2.45, 2.75) is 25.8 Å². The van der Waals surface area contributed by atoms with Crippen LogP contribution in [0.3, 0.4) is 0 Å². The summed E-state index contributed by atoms with van der Waals surface area (Å²) < 4.78 is 0. The predicted molar refractivity (Wildman–Crippen MR) is 39.2 cm³/mol. The number of rotatable bonds is 0. The van der Waals surface area contributed by atoms with Gasteiger partial charge in [0.15, 0.2) is 0 Å². The molecule has 0 aromatic heterocycles. The van der Waals surface area contributed by atoms with Crippen molar-refractivity contribution in [3.63, 3.8) is 0 Å². The van der Waals surface area contributed by atoms with Gasteiger partial charge < -0.3 is 11.1 Å². The van der Waals surface area contributed by atoms with Crippen LogP contribution in [0.5, 0.6) is 0 Å². The summed E-state index contributed by atoms with van der Waals surface area (Å²) in [6.45, 7) is 6.44. The Morgan fingerprint density at radius 2 is 2.33 bits per heavy atom. The summed E-state index contributed by atoms with van der Waals surface area (Å²) in [6, 6.07) is 0. The number of hydrogen-bond acceptors (Lipinski definition) is 2. The first kappa shape index (κ1) is 7.03. The van der Waals surface area contributed by atoms with Crippen LogP contribution in [0.2, 0.25) is 0 Å². The van der Waals surface area contributed by atoms with Crippen molar-refractivity contribution in [3.8, 4) is 0 Å². The number of piperidine rings is 1. The fraction of sp³-hybridized carbons (Fsp3) is 1.00. The molecule has 0 spiro atoms. The molecule has 2 heteroatoms. The Bertz CT molecular complexity index is 99.1. The highest BCUT2D eigenvalue weighted by Crippen LogP contribution is 2.19. The second-order valence-electron chi connectivity index (χ2n) is 3.37. The minimum absolute atomic E-state index is 0.0260. The van der Waals surface area contributed by atoms with Crippen LogP contribution < -0.4 is 11.1 Å². The minimum Gasteiger partial charge on any atom is -0.324 e. The first-order valence-electron chi connectivity index (χ1n) is 3.62. The van der Waals surface area contributed by atoms with E-state index in [4.69, 9.17) is 5.73 Å². The summed E-state index contributed by atoms with van der Waals surface area (Å²) in [6.07, 6.45) is 1.22. The van der Waals surface area contributed by atoms with Crippen molar-refractivity contribution in [1.29, 1.82) is 0 Å². The van der Waals surface area contributed by atoms with E-state index in [1.165, 1.54) is 6.42 Å². The van der Waals surface area contributed by atoms with Gasteiger partial charge in [-0.1, -0.05) is 6.92 Å². The molecule has 1 rings (SSSR count). The van der Waals surface area contributed by atoms with Crippen molar-refractivity contribution in [3.05, 3.63) is 0 Å². The van der Waals surface area contributed by atoms with Gasteiger partial charge in [-0.2, -0.15) is 0 Å². The van der Waals surface area contributed by atoms with Crippen molar-refractivity contribution in [1.82, 2.24) is 5.32 Å². The second kappa shape index (κ2) is 2.27. The van der Waals surface area contributed by atoms with Crippen molar-refractivity contribution < 1.29 is 0 Å². The lowest BCUT2D eigenvalue weighted by Crippen LogP contribution is -2.55. The van der Waals surface area contributed by atoms with E-state index in [9.17, 15) is 0 Å². The monoisotopic (exact) mass is 128 g/mol. The molecule has 0 aromatic carbocycles. The van der Waals surface area contributed by atoms with Crippen LogP contribution in [0, 0.1) is 5.92 Å². The molecule has 0 aromatic rings. The van der Waals surface area contributed by atoms with Crippen LogP contribution in [0.1, 0.15) is 20.3 Å². The maximum absolute atomic E-state index is 5.96. The van der Waals surface area contributed by atoms with Gasteiger partial charge in [-0.25, -0.2) is 0 Å². The molecular formula is C7H16N2. The van der Waals surface area contributed by atoms with Gasteiger partial charge in [0.25, 0.3) is 0 Å². The standard InChI is InChI=1S/C7H16N2/c1-6-3-4-9-5-7(6,2)8/h6,9H,3-5,8H2,1-2H3/t6?,7-/m0/s1. The molecule has 0 saturated carbocycles. The van der Waals surface area contributed by atoms with Gasteiger partial charge in [-0.05, 0) is 25.8 Å². The van der Waals surface area contributed by atoms with Gasteiger partial charge in [0, 0.05) is 12.1 Å². The molecule has 3 N–H and O–H groups in total. The number of nitrogens with one attached hydrogen (secondary N) is 1. The topological polar surface area (TPSA) is 38.0 Å². The second-order valence-corrected chi connectivity index (χ2v) is 3.37. The molecule has 0 radical (unpaired) electrons. The van der Waals surface area contributed by atoms with E-state index in [-0.39, 0.29) is 5.54 Å². The lowest BCUT2D eigenvalue weighted by Gasteiger charge is -2.36. The highest BCUT2D eigenvalue weighted by atomic mass is 15.0. The number of hydrogen-bond donors (Lipinski definition) is 2. The lowest BCUT2D eigenvalue weighted by atomic mass is 9.83. The molecule has 1 aliphatic rings. The smallest absolute Gasteiger partial charge is 0.0278 e. The first-order chi connectivity index (χ1) is 4.13. The molecule has 1 heterocycles. The molecule has 1 saturated heterocycles. The Morgan fingerprint density at radius 1 is 1.67 bits per heavy atom. The Balaban J connectivity index is 2.49. The Kier molecular flexibility index (Phi) is 1.78. The van der Waals surface area contributed by atoms with Crippen molar-refractivity contribution >= 4 is 0 Å². The van der Waals surface area contributed by atoms with E-state index in [1.54, 1.807) is 0 Å². The van der Waals surface area contributed by atoms with E-state index in [2.05, 4.69) is 19.2 Å². The van der Waals surface area contributed by atoms with Gasteiger partial charge in [-0.15, -0.1) is 0 Å². The first-order valence-corrected chi connectivity index (χ1v) is 3.62. The number of nitrogens with two attached hydrogens (primary N) is 1. The summed E-state index contributed by atoms with van der Waals surface area (Å²) in [7, 11) is 0. The summed E-state index contributed by atoms with van der Waals surface area (Å²) in [5, 5.41) is 3.28. The average molecular weight is 128 g/mol. The molecule has 0 aliphatic carbocycles. The molecular weight excluding hydrogens is 112 g/mol. The zero-order valence-corrected chi connectivity index (χ0v) is 6.28. The van der Waals surface area contributed by atoms with E-state index in [0.29, 0.717) is 5.92 Å². The van der Waals surface area contributed by atoms with Gasteiger partial charge in [0.05, 0.1) is 0 Å². The Morgan fingerprint density at radius 3 is 2.67 bits per heavy atom. The normalized spacial score (nSPS) is 45.0. The minimum atomic E-state index is 0.0260. The van der Waals surface area contributed by atoms with Crippen molar-refractivity contribution in [2.24, 2.45) is 11.7 Å². The molecule has 2 atom stereocenters. The summed E-state index contributed by atoms with van der Waals surface area (Å²) in [5.41, 5.74) is 5.98. The van der Waals surface area contributed by atoms with E-state index < -0.39 is 0 Å². The van der Waals surface area contributed by atoms with Gasteiger partial charge in [0.2, 0.25) is 0 Å². The average Bonchev–Trinajstić information content (AvgIpc) is 1.77. The summed E-state index contributed by atoms with van der Waals surface area (Å²) >= 11 is 0. The van der Waals surface area contributed by atoms with Crippen LogP contribution in [-0.2, 0) is 0 Å². The third-order valence-corrected chi connectivity index (χ3v) is 2.39. The maximum Gasteiger partial charge on any atom is 0.0278 e. The van der Waals surface area contributed by atoms with Gasteiger partial charge in [0.1, 0.15) is 0 Å². The molecule has 2 nitrogen and oxygen atoms in total. The third kappa shape index (κ3) is 1.43. The molecule has 1 fully saturated rings. The SMILES string of the molecule is CC1CCNC[C@]1(C)N. The summed E-state index contributed by atoms with van der Waals surface area (Å²) in [5.74, 6) is 0.666. The third-order valence-electron chi connectivity index (χ3n) is 2.39. The fourth-order valence-electron chi connectivity index (χ4n) is 1.18. The van der Waals surface area contributed by atoms with E-state index in [0.717, 1.165) is 13.1 Å². The van der Waals surface area contributed by atoms with Crippen molar-refractivity contribution in [2.75, 3.05) is 13.1 Å². The Hall–Kier alpha value is -0.0800. The Labute approximate surface area is 56.8 Å². The van der Waals surface area contributed by atoms with E-state index in [1.807, 2.05) is 0 Å². The van der Waals surface area contributed by atoms with Crippen LogP contribution >= 0.6 is 0 Å². The van der Waals surface area contributed by atoms with Gasteiger partial charge in [-0.3, -0.25) is 0 Å². The molecule has 54 valence electrons. The van der Waals surface area contributed by atoms with E-state index >= 15 is 0 Å². The highest BCUT2D eigenvalue weighted by molar-refractivity contribution is 4.90.